The molecule has 2 aromatic carbocycles. The van der Waals surface area contributed by atoms with Gasteiger partial charge in [-0.05, 0) is 86.6 Å². The quantitative estimate of drug-likeness (QED) is 0.478. The Hall–Kier alpha value is -3.19. The number of likely N-dealkylation sites (tertiary alicyclic amines) is 1. The van der Waals surface area contributed by atoms with E-state index in [1.165, 1.54) is 32.0 Å². The molecule has 4 aromatic rings. The summed E-state index contributed by atoms with van der Waals surface area (Å²) in [7, 11) is 2.19. The number of nitrogens with two attached hydrogens (primary N) is 1. The summed E-state index contributed by atoms with van der Waals surface area (Å²) in [6.07, 6.45) is 6.48. The van der Waals surface area contributed by atoms with Crippen LogP contribution in [0.4, 0.5) is 5.82 Å². The van der Waals surface area contributed by atoms with Crippen LogP contribution in [0.5, 0.6) is 5.75 Å². The summed E-state index contributed by atoms with van der Waals surface area (Å²) < 4.78 is 8.00. The maximum Gasteiger partial charge on any atom is 0.163 e. The van der Waals surface area contributed by atoms with Gasteiger partial charge in [-0.3, -0.25) is 0 Å². The number of nitrogens with zero attached hydrogens (tertiary/aromatic N) is 5. The fraction of sp³-hybridized carbons (Fsp3) is 0.423. The number of benzene rings is 2. The molecule has 170 valence electrons. The second-order valence-corrected chi connectivity index (χ2v) is 9.71. The van der Waals surface area contributed by atoms with Crippen LogP contribution in [0.2, 0.25) is 0 Å². The molecular weight excluding hydrogens is 412 g/mol. The van der Waals surface area contributed by atoms with E-state index in [1.54, 1.807) is 0 Å². The largest absolute Gasteiger partial charge is 0.493 e. The third kappa shape index (κ3) is 4.13. The number of anilines is 1. The molecule has 2 N–H and O–H groups in total. The standard InChI is InChI=1S/C26H30N6O/c1-31-10-8-17(9-11-31)14-32-26-23(25(27)28-16-29-26)24(30-32)21-5-4-20-13-22(7-6-19(20)12-21)33-15-18-2-3-18/h4-7,12-13,16-18H,2-3,8-11,14-15H2,1H3,(H2,27,28,29). The van der Waals surface area contributed by atoms with E-state index in [1.807, 2.05) is 4.68 Å². The maximum absolute atomic E-state index is 6.33. The van der Waals surface area contributed by atoms with E-state index >= 15 is 0 Å². The van der Waals surface area contributed by atoms with E-state index in [0.717, 1.165) is 71.0 Å². The molecular formula is C26H30N6O. The number of aromatic nitrogens is 4. The van der Waals surface area contributed by atoms with E-state index in [-0.39, 0.29) is 0 Å². The third-order valence-corrected chi connectivity index (χ3v) is 7.10. The fourth-order valence-corrected chi connectivity index (χ4v) is 4.81. The molecule has 1 aliphatic heterocycles. The summed E-state index contributed by atoms with van der Waals surface area (Å²) in [6, 6.07) is 12.7. The van der Waals surface area contributed by atoms with E-state index < -0.39 is 0 Å². The minimum absolute atomic E-state index is 0.480. The maximum atomic E-state index is 6.33. The Morgan fingerprint density at radius 1 is 0.970 bits per heavy atom. The second kappa shape index (κ2) is 8.30. The Bertz CT molecular complexity index is 1300. The number of nitrogen functional groups attached to an aromatic ring is 1. The van der Waals surface area contributed by atoms with Gasteiger partial charge in [0.1, 0.15) is 23.6 Å². The second-order valence-electron chi connectivity index (χ2n) is 9.71. The first-order chi connectivity index (χ1) is 16.1. The van der Waals surface area contributed by atoms with Gasteiger partial charge in [-0.15, -0.1) is 0 Å². The van der Waals surface area contributed by atoms with Gasteiger partial charge in [0.05, 0.1) is 12.0 Å². The van der Waals surface area contributed by atoms with Crippen molar-refractivity contribution in [2.75, 3.05) is 32.5 Å². The van der Waals surface area contributed by atoms with Crippen molar-refractivity contribution in [3.05, 3.63) is 42.7 Å². The summed E-state index contributed by atoms with van der Waals surface area (Å²) in [5, 5.41) is 8.16. The first kappa shape index (κ1) is 20.4. The molecule has 1 aliphatic carbocycles. The summed E-state index contributed by atoms with van der Waals surface area (Å²) in [4.78, 5) is 11.2. The van der Waals surface area contributed by atoms with Gasteiger partial charge in [-0.25, -0.2) is 14.6 Å². The predicted octanol–water partition coefficient (Wildman–Crippen LogP) is 4.36. The first-order valence-electron chi connectivity index (χ1n) is 12.0. The zero-order valence-electron chi connectivity index (χ0n) is 19.1. The minimum atomic E-state index is 0.480. The fourth-order valence-electron chi connectivity index (χ4n) is 4.81. The smallest absolute Gasteiger partial charge is 0.163 e. The van der Waals surface area contributed by atoms with Gasteiger partial charge in [-0.1, -0.05) is 18.2 Å². The van der Waals surface area contributed by atoms with E-state index in [9.17, 15) is 0 Å². The topological polar surface area (TPSA) is 82.1 Å². The Labute approximate surface area is 193 Å². The van der Waals surface area contributed by atoms with E-state index in [0.29, 0.717) is 11.7 Å². The van der Waals surface area contributed by atoms with Crippen molar-refractivity contribution in [2.24, 2.45) is 11.8 Å². The normalized spacial score (nSPS) is 17.7. The third-order valence-electron chi connectivity index (χ3n) is 7.10. The van der Waals surface area contributed by atoms with Crippen molar-refractivity contribution >= 4 is 27.6 Å². The highest BCUT2D eigenvalue weighted by molar-refractivity contribution is 6.00. The Kier molecular flexibility index (Phi) is 5.14. The summed E-state index contributed by atoms with van der Waals surface area (Å²) in [5.74, 6) is 2.76. The highest BCUT2D eigenvalue weighted by Crippen LogP contribution is 2.34. The Balaban J connectivity index is 1.34. The molecule has 0 radical (unpaired) electrons. The molecule has 0 amide bonds. The van der Waals surface area contributed by atoms with Crippen molar-refractivity contribution in [2.45, 2.75) is 32.2 Å². The lowest BCUT2D eigenvalue weighted by Crippen LogP contribution is -2.32. The van der Waals surface area contributed by atoms with Crippen LogP contribution in [-0.2, 0) is 6.54 Å². The summed E-state index contributed by atoms with van der Waals surface area (Å²) in [6.45, 7) is 3.94. The van der Waals surface area contributed by atoms with Gasteiger partial charge >= 0.3 is 0 Å². The van der Waals surface area contributed by atoms with Crippen LogP contribution in [0.15, 0.2) is 42.7 Å². The predicted molar refractivity (Wildman–Crippen MR) is 131 cm³/mol. The van der Waals surface area contributed by atoms with Crippen molar-refractivity contribution in [1.29, 1.82) is 0 Å². The lowest BCUT2D eigenvalue weighted by atomic mass is 9.97. The van der Waals surface area contributed by atoms with Crippen molar-refractivity contribution in [3.63, 3.8) is 0 Å². The first-order valence-corrected chi connectivity index (χ1v) is 12.0. The van der Waals surface area contributed by atoms with Crippen LogP contribution in [0, 0.1) is 11.8 Å². The lowest BCUT2D eigenvalue weighted by molar-refractivity contribution is 0.202. The van der Waals surface area contributed by atoms with Crippen LogP contribution >= 0.6 is 0 Å². The number of hydrogen-bond acceptors (Lipinski definition) is 6. The van der Waals surface area contributed by atoms with Crippen molar-refractivity contribution < 1.29 is 4.74 Å². The molecule has 7 nitrogen and oxygen atoms in total. The molecule has 1 saturated heterocycles. The van der Waals surface area contributed by atoms with Crippen LogP contribution in [0.3, 0.4) is 0 Å². The average molecular weight is 443 g/mol. The number of ether oxygens (including phenoxy) is 1. The van der Waals surface area contributed by atoms with Crippen LogP contribution in [-0.4, -0.2) is 51.4 Å². The molecule has 2 aromatic heterocycles. The molecule has 0 atom stereocenters. The van der Waals surface area contributed by atoms with E-state index in [2.05, 4.69) is 58.3 Å². The van der Waals surface area contributed by atoms with Gasteiger partial charge < -0.3 is 15.4 Å². The molecule has 0 spiro atoms. The van der Waals surface area contributed by atoms with Gasteiger partial charge in [-0.2, -0.15) is 5.10 Å². The molecule has 2 aliphatic rings. The van der Waals surface area contributed by atoms with Gasteiger partial charge in [0, 0.05) is 12.1 Å². The van der Waals surface area contributed by atoms with Crippen LogP contribution < -0.4 is 10.5 Å². The Morgan fingerprint density at radius 3 is 2.58 bits per heavy atom. The molecule has 2 fully saturated rings. The number of piperidine rings is 1. The monoisotopic (exact) mass is 442 g/mol. The lowest BCUT2D eigenvalue weighted by Gasteiger charge is -2.28. The zero-order chi connectivity index (χ0) is 22.4. The van der Waals surface area contributed by atoms with Crippen molar-refractivity contribution in [3.8, 4) is 17.0 Å². The van der Waals surface area contributed by atoms with Gasteiger partial charge in [0.2, 0.25) is 0 Å². The number of rotatable bonds is 6. The molecule has 1 saturated carbocycles. The summed E-state index contributed by atoms with van der Waals surface area (Å²) in [5.41, 5.74) is 9.03. The van der Waals surface area contributed by atoms with Crippen LogP contribution in [0.25, 0.3) is 33.1 Å². The molecule has 7 heteroatoms. The SMILES string of the molecule is CN1CCC(Cn2nc(-c3ccc4cc(OCC5CC5)ccc4c3)c3c(N)ncnc32)CC1. The van der Waals surface area contributed by atoms with Gasteiger partial charge in [0.15, 0.2) is 5.65 Å². The number of hydrogen-bond donors (Lipinski definition) is 1. The van der Waals surface area contributed by atoms with Gasteiger partial charge in [0.25, 0.3) is 0 Å². The highest BCUT2D eigenvalue weighted by Gasteiger charge is 2.23. The zero-order valence-corrected chi connectivity index (χ0v) is 19.1. The average Bonchev–Trinajstić information content (AvgIpc) is 3.59. The molecule has 3 heterocycles. The Morgan fingerprint density at radius 2 is 1.76 bits per heavy atom. The molecule has 33 heavy (non-hydrogen) atoms. The van der Waals surface area contributed by atoms with Crippen LogP contribution in [0.1, 0.15) is 25.7 Å². The van der Waals surface area contributed by atoms with Crippen molar-refractivity contribution in [1.82, 2.24) is 24.6 Å². The minimum Gasteiger partial charge on any atom is -0.493 e. The molecule has 6 rings (SSSR count). The molecule has 0 unspecified atom stereocenters. The van der Waals surface area contributed by atoms with E-state index in [4.69, 9.17) is 15.6 Å². The molecule has 0 bridgehead atoms. The highest BCUT2D eigenvalue weighted by atomic mass is 16.5. The number of fused-ring (bicyclic) bond motifs is 2. The summed E-state index contributed by atoms with van der Waals surface area (Å²) >= 11 is 0.